The van der Waals surface area contributed by atoms with Gasteiger partial charge >= 0.3 is 0 Å². The van der Waals surface area contributed by atoms with E-state index in [2.05, 4.69) is 42.6 Å². The number of piperidine rings is 1. The molecule has 0 radical (unpaired) electrons. The molecule has 0 bridgehead atoms. The molecule has 0 spiro atoms. The van der Waals surface area contributed by atoms with Gasteiger partial charge in [-0.3, -0.25) is 0 Å². The molecule has 102 valence electrons. The molecule has 2 rings (SSSR count). The minimum atomic E-state index is 0.510. The zero-order valence-electron chi connectivity index (χ0n) is 11.9. The van der Waals surface area contributed by atoms with E-state index in [9.17, 15) is 0 Å². The Labute approximate surface area is 115 Å². The average Bonchev–Trinajstić information content (AvgIpc) is 2.78. The monoisotopic (exact) mass is 266 g/mol. The molecule has 2 nitrogen and oxygen atoms in total. The van der Waals surface area contributed by atoms with Crippen LogP contribution in [0.1, 0.15) is 42.7 Å². The maximum absolute atomic E-state index is 3.68. The van der Waals surface area contributed by atoms with E-state index in [0.717, 1.165) is 12.5 Å². The number of hydrogen-bond donors (Lipinski definition) is 1. The van der Waals surface area contributed by atoms with E-state index in [1.807, 2.05) is 11.3 Å². The van der Waals surface area contributed by atoms with E-state index in [1.54, 1.807) is 0 Å². The predicted molar refractivity (Wildman–Crippen MR) is 80.3 cm³/mol. The van der Waals surface area contributed by atoms with Gasteiger partial charge in [-0.1, -0.05) is 0 Å². The fourth-order valence-electron chi connectivity index (χ4n) is 2.78. The number of likely N-dealkylation sites (tertiary alicyclic amines) is 1. The van der Waals surface area contributed by atoms with Crippen LogP contribution < -0.4 is 5.32 Å². The minimum absolute atomic E-state index is 0.510. The molecular weight excluding hydrogens is 240 g/mol. The molecular formula is C15H26N2S. The van der Waals surface area contributed by atoms with Crippen LogP contribution in [-0.4, -0.2) is 31.6 Å². The molecule has 1 aliphatic rings. The largest absolute Gasteiger partial charge is 0.309 e. The summed E-state index contributed by atoms with van der Waals surface area (Å²) in [7, 11) is 2.23. The van der Waals surface area contributed by atoms with Gasteiger partial charge in [-0.15, -0.1) is 11.3 Å². The summed E-state index contributed by atoms with van der Waals surface area (Å²) >= 11 is 1.87. The fraction of sp³-hybridized carbons (Fsp3) is 0.733. The highest BCUT2D eigenvalue weighted by atomic mass is 32.1. The molecule has 1 aromatic heterocycles. The van der Waals surface area contributed by atoms with Gasteiger partial charge in [0.2, 0.25) is 0 Å². The second-order valence-electron chi connectivity index (χ2n) is 5.68. The van der Waals surface area contributed by atoms with Gasteiger partial charge in [0.1, 0.15) is 0 Å². The Morgan fingerprint density at radius 2 is 2.17 bits per heavy atom. The first-order valence-electron chi connectivity index (χ1n) is 7.12. The van der Waals surface area contributed by atoms with Crippen molar-refractivity contribution in [2.45, 2.75) is 39.2 Å². The molecule has 0 aromatic carbocycles. The van der Waals surface area contributed by atoms with Crippen LogP contribution in [0.4, 0.5) is 0 Å². The first kappa shape index (κ1) is 14.0. The highest BCUT2D eigenvalue weighted by Gasteiger charge is 2.16. The van der Waals surface area contributed by atoms with Crippen molar-refractivity contribution in [1.29, 1.82) is 0 Å². The van der Waals surface area contributed by atoms with Gasteiger partial charge < -0.3 is 10.2 Å². The van der Waals surface area contributed by atoms with Crippen LogP contribution in [0.5, 0.6) is 0 Å². The summed E-state index contributed by atoms with van der Waals surface area (Å²) < 4.78 is 0. The van der Waals surface area contributed by atoms with Crippen LogP contribution in [-0.2, 0) is 0 Å². The van der Waals surface area contributed by atoms with Crippen LogP contribution in [0.3, 0.4) is 0 Å². The molecule has 0 saturated carbocycles. The molecule has 0 amide bonds. The molecule has 1 N–H and O–H groups in total. The predicted octanol–water partition coefficient (Wildman–Crippen LogP) is 3.44. The smallest absolute Gasteiger partial charge is 0.0388 e. The zero-order valence-corrected chi connectivity index (χ0v) is 12.7. The topological polar surface area (TPSA) is 15.3 Å². The Morgan fingerprint density at radius 3 is 2.78 bits per heavy atom. The van der Waals surface area contributed by atoms with Gasteiger partial charge in [-0.05, 0) is 82.7 Å². The summed E-state index contributed by atoms with van der Waals surface area (Å²) in [5, 5.41) is 5.88. The summed E-state index contributed by atoms with van der Waals surface area (Å²) in [6.45, 7) is 8.22. The van der Waals surface area contributed by atoms with E-state index in [4.69, 9.17) is 0 Å². The number of nitrogens with one attached hydrogen (secondary N) is 1. The highest BCUT2D eigenvalue weighted by molar-refractivity contribution is 7.10. The first-order chi connectivity index (χ1) is 8.66. The quantitative estimate of drug-likeness (QED) is 0.878. The number of aryl methyl sites for hydroxylation is 1. The molecule has 2 heterocycles. The average molecular weight is 266 g/mol. The summed E-state index contributed by atoms with van der Waals surface area (Å²) in [5.41, 5.74) is 1.43. The van der Waals surface area contributed by atoms with Crippen LogP contribution in [0, 0.1) is 12.8 Å². The SMILES string of the molecule is Cc1ccsc1C(C)NCCC1CCN(C)CC1. The van der Waals surface area contributed by atoms with E-state index in [1.165, 1.54) is 42.8 Å². The van der Waals surface area contributed by atoms with Crippen LogP contribution in [0.2, 0.25) is 0 Å². The van der Waals surface area contributed by atoms with E-state index in [-0.39, 0.29) is 0 Å². The van der Waals surface area contributed by atoms with Crippen molar-refractivity contribution in [3.05, 3.63) is 21.9 Å². The molecule has 1 saturated heterocycles. The Balaban J connectivity index is 1.68. The summed E-state index contributed by atoms with van der Waals surface area (Å²) in [4.78, 5) is 3.94. The number of rotatable bonds is 5. The number of nitrogens with zero attached hydrogens (tertiary/aromatic N) is 1. The first-order valence-corrected chi connectivity index (χ1v) is 8.00. The number of thiophene rings is 1. The van der Waals surface area contributed by atoms with Crippen molar-refractivity contribution in [1.82, 2.24) is 10.2 Å². The Kier molecular flexibility index (Phi) is 5.22. The standard InChI is InChI=1S/C15H26N2S/c1-12-7-11-18-15(12)13(2)16-8-4-14-5-9-17(3)10-6-14/h7,11,13-14,16H,4-6,8-10H2,1-3H3. The number of hydrogen-bond acceptors (Lipinski definition) is 3. The molecule has 0 aliphatic carbocycles. The van der Waals surface area contributed by atoms with Gasteiger partial charge in [0.15, 0.2) is 0 Å². The van der Waals surface area contributed by atoms with Crippen molar-refractivity contribution in [3.63, 3.8) is 0 Å². The third kappa shape index (κ3) is 3.81. The van der Waals surface area contributed by atoms with E-state index >= 15 is 0 Å². The highest BCUT2D eigenvalue weighted by Crippen LogP contribution is 2.24. The van der Waals surface area contributed by atoms with Crippen molar-refractivity contribution in [2.24, 2.45) is 5.92 Å². The Bertz CT molecular complexity index is 353. The van der Waals surface area contributed by atoms with Crippen molar-refractivity contribution >= 4 is 11.3 Å². The van der Waals surface area contributed by atoms with Gasteiger partial charge in [-0.25, -0.2) is 0 Å². The Hall–Kier alpha value is -0.380. The third-order valence-corrected chi connectivity index (χ3v) is 5.34. The zero-order chi connectivity index (χ0) is 13.0. The van der Waals surface area contributed by atoms with E-state index < -0.39 is 0 Å². The lowest BCUT2D eigenvalue weighted by molar-refractivity contribution is 0.211. The molecule has 1 fully saturated rings. The van der Waals surface area contributed by atoms with E-state index in [0.29, 0.717) is 6.04 Å². The fourth-order valence-corrected chi connectivity index (χ4v) is 3.74. The summed E-state index contributed by atoms with van der Waals surface area (Å²) in [6.07, 6.45) is 4.10. The molecule has 1 aromatic rings. The lowest BCUT2D eigenvalue weighted by Crippen LogP contribution is -2.32. The van der Waals surface area contributed by atoms with Crippen LogP contribution in [0.25, 0.3) is 0 Å². The maximum atomic E-state index is 3.68. The van der Waals surface area contributed by atoms with Gasteiger partial charge in [0.25, 0.3) is 0 Å². The molecule has 3 heteroatoms. The van der Waals surface area contributed by atoms with Gasteiger partial charge in [0, 0.05) is 10.9 Å². The second-order valence-corrected chi connectivity index (χ2v) is 6.63. The van der Waals surface area contributed by atoms with Gasteiger partial charge in [0.05, 0.1) is 0 Å². The van der Waals surface area contributed by atoms with Crippen molar-refractivity contribution in [3.8, 4) is 0 Å². The molecule has 18 heavy (non-hydrogen) atoms. The van der Waals surface area contributed by atoms with Gasteiger partial charge in [-0.2, -0.15) is 0 Å². The third-order valence-electron chi connectivity index (χ3n) is 4.14. The maximum Gasteiger partial charge on any atom is 0.0388 e. The van der Waals surface area contributed by atoms with Crippen LogP contribution >= 0.6 is 11.3 Å². The summed E-state index contributed by atoms with van der Waals surface area (Å²) in [5.74, 6) is 0.935. The van der Waals surface area contributed by atoms with Crippen LogP contribution in [0.15, 0.2) is 11.4 Å². The van der Waals surface area contributed by atoms with Crippen molar-refractivity contribution < 1.29 is 0 Å². The normalized spacial score (nSPS) is 20.2. The second kappa shape index (κ2) is 6.69. The molecule has 1 aliphatic heterocycles. The lowest BCUT2D eigenvalue weighted by atomic mass is 9.94. The molecule has 1 unspecified atom stereocenters. The van der Waals surface area contributed by atoms with Crippen molar-refractivity contribution in [2.75, 3.05) is 26.7 Å². The Morgan fingerprint density at radius 1 is 1.44 bits per heavy atom. The summed E-state index contributed by atoms with van der Waals surface area (Å²) in [6, 6.07) is 2.73. The molecule has 1 atom stereocenters. The minimum Gasteiger partial charge on any atom is -0.309 e. The lowest BCUT2D eigenvalue weighted by Gasteiger charge is -2.29.